The van der Waals surface area contributed by atoms with Gasteiger partial charge in [-0.2, -0.15) is 8.42 Å². The van der Waals surface area contributed by atoms with Crippen LogP contribution in [0.3, 0.4) is 0 Å². The summed E-state index contributed by atoms with van der Waals surface area (Å²) in [4.78, 5) is 8.88. The smallest absolute Gasteiger partial charge is 0.295 e. The Balaban J connectivity index is 1.52. The van der Waals surface area contributed by atoms with E-state index >= 15 is 0 Å². The summed E-state index contributed by atoms with van der Waals surface area (Å²) in [6.45, 7) is 1.94. The summed E-state index contributed by atoms with van der Waals surface area (Å²) >= 11 is 0. The van der Waals surface area contributed by atoms with E-state index < -0.39 is 10.1 Å². The minimum atomic E-state index is -4.48. The van der Waals surface area contributed by atoms with Crippen LogP contribution in [-0.2, 0) is 10.1 Å². The van der Waals surface area contributed by atoms with Gasteiger partial charge in [-0.15, -0.1) is 10.2 Å². The molecule has 168 valence electrons. The molecule has 0 aliphatic heterocycles. The number of benzene rings is 3. The lowest BCUT2D eigenvalue weighted by atomic mass is 10.1. The molecular weight excluding hydrogens is 450 g/mol. The number of nitrogens with two attached hydrogens (primary N) is 1. The Bertz CT molecular complexity index is 1700. The summed E-state index contributed by atoms with van der Waals surface area (Å²) in [5.41, 5.74) is 10.5. The van der Waals surface area contributed by atoms with Crippen LogP contribution < -0.4 is 5.73 Å². The van der Waals surface area contributed by atoms with Crippen molar-refractivity contribution in [3.8, 4) is 11.3 Å². The van der Waals surface area contributed by atoms with E-state index in [4.69, 9.17) is 5.73 Å². The van der Waals surface area contributed by atoms with E-state index in [2.05, 4.69) is 20.2 Å². The second-order valence-electron chi connectivity index (χ2n) is 7.76. The van der Waals surface area contributed by atoms with Crippen molar-refractivity contribution in [2.45, 2.75) is 11.8 Å². The molecule has 9 heteroatoms. The molecule has 34 heavy (non-hydrogen) atoms. The van der Waals surface area contributed by atoms with Crippen LogP contribution in [0, 0.1) is 6.92 Å². The van der Waals surface area contributed by atoms with Crippen LogP contribution in [-0.4, -0.2) is 22.9 Å². The van der Waals surface area contributed by atoms with Crippen molar-refractivity contribution < 1.29 is 13.0 Å². The quantitative estimate of drug-likeness (QED) is 0.188. The molecule has 0 atom stereocenters. The lowest BCUT2D eigenvalue weighted by Gasteiger charge is -2.09. The summed E-state index contributed by atoms with van der Waals surface area (Å²) in [7, 11) is -4.48. The van der Waals surface area contributed by atoms with Gasteiger partial charge < -0.3 is 5.73 Å². The zero-order valence-corrected chi connectivity index (χ0v) is 18.9. The molecule has 5 rings (SSSR count). The van der Waals surface area contributed by atoms with Gasteiger partial charge in [0.1, 0.15) is 16.3 Å². The van der Waals surface area contributed by atoms with Crippen LogP contribution in [0.15, 0.2) is 94.1 Å². The fourth-order valence-electron chi connectivity index (χ4n) is 3.81. The fourth-order valence-corrected chi connectivity index (χ4v) is 4.53. The van der Waals surface area contributed by atoms with E-state index in [9.17, 15) is 13.0 Å². The second-order valence-corrected chi connectivity index (χ2v) is 9.15. The van der Waals surface area contributed by atoms with E-state index in [-0.39, 0.29) is 16.3 Å². The molecule has 0 amide bonds. The molecule has 3 N–H and O–H groups in total. The number of nitrogen functional groups attached to an aromatic ring is 1. The molecule has 5 aromatic rings. The maximum absolute atomic E-state index is 11.9. The van der Waals surface area contributed by atoms with Crippen molar-refractivity contribution in [1.82, 2.24) is 9.97 Å². The molecule has 0 spiro atoms. The van der Waals surface area contributed by atoms with Gasteiger partial charge in [0, 0.05) is 27.4 Å². The van der Waals surface area contributed by atoms with Crippen molar-refractivity contribution >= 4 is 48.9 Å². The average molecular weight is 470 g/mol. The van der Waals surface area contributed by atoms with Gasteiger partial charge in [0.2, 0.25) is 0 Å². The van der Waals surface area contributed by atoms with Gasteiger partial charge in [-0.3, -0.25) is 14.5 Å². The van der Waals surface area contributed by atoms with E-state index in [1.54, 1.807) is 36.5 Å². The number of aryl methyl sites for hydroxylation is 1. The highest BCUT2D eigenvalue weighted by atomic mass is 32.2. The Morgan fingerprint density at radius 3 is 2.44 bits per heavy atom. The third-order valence-electron chi connectivity index (χ3n) is 5.46. The molecule has 0 saturated carbocycles. The number of azo groups is 1. The molecule has 8 nitrogen and oxygen atoms in total. The van der Waals surface area contributed by atoms with Crippen molar-refractivity contribution in [3.05, 3.63) is 84.7 Å². The third-order valence-corrected chi connectivity index (χ3v) is 6.35. The van der Waals surface area contributed by atoms with Crippen molar-refractivity contribution in [3.63, 3.8) is 0 Å². The summed E-state index contributed by atoms with van der Waals surface area (Å²) in [6.07, 6.45) is 1.56. The zero-order valence-electron chi connectivity index (χ0n) is 18.0. The molecular formula is C25H19N5O3S. The highest BCUT2D eigenvalue weighted by molar-refractivity contribution is 7.86. The number of hydrogen-bond acceptors (Lipinski definition) is 7. The topological polar surface area (TPSA) is 131 Å². The summed E-state index contributed by atoms with van der Waals surface area (Å²) < 4.78 is 33.5. The Morgan fingerprint density at radius 1 is 0.912 bits per heavy atom. The largest absolute Gasteiger partial charge is 0.396 e. The highest BCUT2D eigenvalue weighted by Crippen LogP contribution is 2.37. The normalized spacial score (nSPS) is 12.1. The number of aromatic nitrogens is 2. The lowest BCUT2D eigenvalue weighted by Crippen LogP contribution is -2.01. The molecule has 3 aromatic carbocycles. The first-order valence-electron chi connectivity index (χ1n) is 10.3. The minimum absolute atomic E-state index is 0.129. The highest BCUT2D eigenvalue weighted by Gasteiger charge is 2.18. The molecule has 0 bridgehead atoms. The second kappa shape index (κ2) is 8.29. The van der Waals surface area contributed by atoms with Crippen LogP contribution in [0.25, 0.3) is 32.9 Å². The average Bonchev–Trinajstić information content (AvgIpc) is 2.83. The van der Waals surface area contributed by atoms with Gasteiger partial charge in [-0.05, 0) is 31.2 Å². The van der Waals surface area contributed by atoms with Gasteiger partial charge >= 0.3 is 0 Å². The predicted octanol–water partition coefficient (Wildman–Crippen LogP) is 6.00. The number of fused-ring (bicyclic) bond motifs is 2. The monoisotopic (exact) mass is 469 g/mol. The Hall–Kier alpha value is -4.21. The first-order valence-corrected chi connectivity index (χ1v) is 11.8. The molecule has 0 fully saturated rings. The lowest BCUT2D eigenvalue weighted by molar-refractivity contribution is 0.484. The van der Waals surface area contributed by atoms with E-state index in [0.29, 0.717) is 16.5 Å². The van der Waals surface area contributed by atoms with Crippen LogP contribution in [0.4, 0.5) is 17.1 Å². The van der Waals surface area contributed by atoms with Gasteiger partial charge in [-0.25, -0.2) is 0 Å². The summed E-state index contributed by atoms with van der Waals surface area (Å²) in [6, 6.07) is 21.3. The summed E-state index contributed by atoms with van der Waals surface area (Å²) in [5, 5.41) is 10.1. The maximum Gasteiger partial charge on any atom is 0.295 e. The van der Waals surface area contributed by atoms with E-state index in [0.717, 1.165) is 27.9 Å². The van der Waals surface area contributed by atoms with E-state index in [1.165, 1.54) is 6.07 Å². The SMILES string of the molecule is Cc1ccc2cccc(-c3ccc(/N=N/c4cc(S(=O)(=O)O)c5ccccc5c4N)cn3)c2n1. The molecule has 0 aliphatic rings. The Kier molecular flexibility index (Phi) is 5.27. The zero-order chi connectivity index (χ0) is 23.9. The number of para-hydroxylation sites is 1. The molecule has 0 saturated heterocycles. The van der Waals surface area contributed by atoms with Crippen LogP contribution >= 0.6 is 0 Å². The number of nitrogens with zero attached hydrogens (tertiary/aromatic N) is 4. The van der Waals surface area contributed by atoms with Gasteiger partial charge in [-0.1, -0.05) is 48.5 Å². The molecule has 2 heterocycles. The standard InChI is InChI=1S/C25H19N5O3S/c1-15-9-10-16-5-4-8-20(25(16)28-15)21-12-11-17(14-27-21)29-30-22-13-23(34(31,32)33)18-6-2-3-7-19(18)24(22)26/h2-14H,26H2,1H3,(H,31,32,33)/b30-29+. The van der Waals surface area contributed by atoms with Crippen molar-refractivity contribution in [2.75, 3.05) is 5.73 Å². The van der Waals surface area contributed by atoms with Gasteiger partial charge in [0.05, 0.1) is 23.1 Å². The third kappa shape index (κ3) is 3.98. The van der Waals surface area contributed by atoms with Crippen LogP contribution in [0.1, 0.15) is 5.69 Å². The van der Waals surface area contributed by atoms with Crippen LogP contribution in [0.5, 0.6) is 0 Å². The fraction of sp³-hybridized carbons (Fsp3) is 0.0400. The van der Waals surface area contributed by atoms with Gasteiger partial charge in [0.25, 0.3) is 10.1 Å². The maximum atomic E-state index is 11.9. The van der Waals surface area contributed by atoms with Crippen LogP contribution in [0.2, 0.25) is 0 Å². The van der Waals surface area contributed by atoms with Crippen molar-refractivity contribution in [2.24, 2.45) is 10.2 Å². The summed E-state index contributed by atoms with van der Waals surface area (Å²) in [5.74, 6) is 0. The van der Waals surface area contributed by atoms with E-state index in [1.807, 2.05) is 43.3 Å². The first kappa shape index (κ1) is 21.6. The number of rotatable bonds is 4. The number of anilines is 1. The Morgan fingerprint density at radius 2 is 1.71 bits per heavy atom. The molecule has 0 radical (unpaired) electrons. The van der Waals surface area contributed by atoms with Crippen molar-refractivity contribution in [1.29, 1.82) is 0 Å². The van der Waals surface area contributed by atoms with Gasteiger partial charge in [0.15, 0.2) is 0 Å². The predicted molar refractivity (Wildman–Crippen MR) is 132 cm³/mol. The molecule has 2 aromatic heterocycles. The number of pyridine rings is 2. The Labute approximate surface area is 195 Å². The molecule has 0 unspecified atom stereocenters. The molecule has 0 aliphatic carbocycles. The first-order chi connectivity index (χ1) is 16.3. The number of hydrogen-bond donors (Lipinski definition) is 2. The minimum Gasteiger partial charge on any atom is -0.396 e.